The number of hydrogen-bond acceptors (Lipinski definition) is 9. The maximum absolute atomic E-state index is 12.0. The fourth-order valence-electron chi connectivity index (χ4n) is 1.81. The normalized spacial score (nSPS) is 10.7. The minimum absolute atomic E-state index is 0.144. The van der Waals surface area contributed by atoms with Crippen LogP contribution in [0.5, 0.6) is 5.75 Å². The van der Waals surface area contributed by atoms with Gasteiger partial charge in [-0.05, 0) is 24.3 Å². The molecule has 0 saturated heterocycles. The minimum Gasteiger partial charge on any atom is -0.485 e. The SMILES string of the molecule is Cc1nc(COc2ccc(C(=O)NCCSSCCC(=O)O)cc2)no1.O=C(O)C(F)(F)F. The Balaban J connectivity index is 0.000000675. The topological polar surface area (TPSA) is 152 Å². The van der Waals surface area contributed by atoms with E-state index in [9.17, 15) is 22.8 Å². The lowest BCUT2D eigenvalue weighted by atomic mass is 10.2. The zero-order chi connectivity index (χ0) is 24.9. The van der Waals surface area contributed by atoms with E-state index in [1.807, 2.05) is 0 Å². The standard InChI is InChI=1S/C16H19N3O5S2.C2HF3O2/c1-11-18-14(19-24-11)10-23-13-4-2-12(3-5-13)16(22)17-7-9-26-25-8-6-15(20)21;3-2(4,5)1(6)7/h2-5H,6-10H2,1H3,(H,17,22)(H,20,21);(H,6,7). The predicted octanol–water partition coefficient (Wildman–Crippen LogP) is 3.18. The molecule has 0 fully saturated rings. The molecule has 3 N–H and O–H groups in total. The Kier molecular flexibility index (Phi) is 12.1. The van der Waals surface area contributed by atoms with Crippen molar-refractivity contribution in [3.63, 3.8) is 0 Å². The Bertz CT molecular complexity index is 908. The van der Waals surface area contributed by atoms with E-state index in [2.05, 4.69) is 15.5 Å². The first-order valence-corrected chi connectivity index (χ1v) is 11.5. The second kappa shape index (κ2) is 14.3. The number of carbonyl (C=O) groups is 3. The largest absolute Gasteiger partial charge is 0.490 e. The van der Waals surface area contributed by atoms with Crippen LogP contribution in [0.25, 0.3) is 0 Å². The van der Waals surface area contributed by atoms with Gasteiger partial charge < -0.3 is 24.8 Å². The number of carboxylic acid groups (broad SMARTS) is 2. The molecule has 15 heteroatoms. The average Bonchev–Trinajstić information content (AvgIpc) is 3.16. The van der Waals surface area contributed by atoms with Crippen molar-refractivity contribution in [3.8, 4) is 5.75 Å². The van der Waals surface area contributed by atoms with Crippen molar-refractivity contribution in [3.05, 3.63) is 41.5 Å². The maximum Gasteiger partial charge on any atom is 0.490 e. The quantitative estimate of drug-likeness (QED) is 0.301. The number of aliphatic carboxylic acids is 2. The van der Waals surface area contributed by atoms with Gasteiger partial charge in [0.1, 0.15) is 5.75 Å². The number of aromatic nitrogens is 2. The van der Waals surface area contributed by atoms with E-state index in [1.54, 1.807) is 42.0 Å². The minimum atomic E-state index is -5.08. The van der Waals surface area contributed by atoms with Crippen LogP contribution >= 0.6 is 21.6 Å². The van der Waals surface area contributed by atoms with Gasteiger partial charge in [-0.3, -0.25) is 9.59 Å². The van der Waals surface area contributed by atoms with E-state index in [4.69, 9.17) is 24.3 Å². The van der Waals surface area contributed by atoms with Crippen molar-refractivity contribution in [1.82, 2.24) is 15.5 Å². The summed E-state index contributed by atoms with van der Waals surface area (Å²) in [7, 11) is 3.03. The molecule has 0 aliphatic rings. The second-order valence-corrected chi connectivity index (χ2v) is 8.59. The van der Waals surface area contributed by atoms with Gasteiger partial charge in [-0.15, -0.1) is 0 Å². The van der Waals surface area contributed by atoms with Crippen molar-refractivity contribution in [2.24, 2.45) is 0 Å². The predicted molar refractivity (Wildman–Crippen MR) is 113 cm³/mol. The molecule has 10 nitrogen and oxygen atoms in total. The zero-order valence-corrected chi connectivity index (χ0v) is 18.8. The molecule has 0 aliphatic heterocycles. The molecule has 1 aromatic heterocycles. The third kappa shape index (κ3) is 12.6. The number of halogens is 3. The first-order valence-electron chi connectivity index (χ1n) is 9.05. The molecule has 1 heterocycles. The number of hydrogen-bond donors (Lipinski definition) is 3. The summed E-state index contributed by atoms with van der Waals surface area (Å²) in [5, 5.41) is 22.2. The van der Waals surface area contributed by atoms with Crippen LogP contribution in [0.2, 0.25) is 0 Å². The molecule has 2 rings (SSSR count). The van der Waals surface area contributed by atoms with E-state index in [1.165, 1.54) is 10.8 Å². The number of benzene rings is 1. The van der Waals surface area contributed by atoms with Gasteiger partial charge in [-0.2, -0.15) is 18.2 Å². The van der Waals surface area contributed by atoms with E-state index >= 15 is 0 Å². The van der Waals surface area contributed by atoms with Gasteiger partial charge in [0.05, 0.1) is 6.42 Å². The van der Waals surface area contributed by atoms with Crippen molar-refractivity contribution in [2.45, 2.75) is 26.1 Å². The molecule has 33 heavy (non-hydrogen) atoms. The van der Waals surface area contributed by atoms with Crippen molar-refractivity contribution < 1.29 is 47.0 Å². The number of amides is 1. The third-order valence-electron chi connectivity index (χ3n) is 3.25. The highest BCUT2D eigenvalue weighted by Gasteiger charge is 2.38. The number of carbonyl (C=O) groups excluding carboxylic acids is 1. The summed E-state index contributed by atoms with van der Waals surface area (Å²) in [5.74, 6) is -0.910. The molecule has 2 aromatic rings. The lowest BCUT2D eigenvalue weighted by Crippen LogP contribution is -2.25. The summed E-state index contributed by atoms with van der Waals surface area (Å²) in [6.45, 7) is 2.41. The van der Waals surface area contributed by atoms with Gasteiger partial charge >= 0.3 is 18.1 Å². The zero-order valence-electron chi connectivity index (χ0n) is 17.1. The number of nitrogens with one attached hydrogen (secondary N) is 1. The molecule has 0 unspecified atom stereocenters. The molecule has 0 bridgehead atoms. The monoisotopic (exact) mass is 511 g/mol. The Morgan fingerprint density at radius 1 is 1.12 bits per heavy atom. The second-order valence-electron chi connectivity index (χ2n) is 5.89. The fourth-order valence-corrected chi connectivity index (χ4v) is 3.69. The number of ether oxygens (including phenoxy) is 1. The number of alkyl halides is 3. The Labute approximate surface area is 193 Å². The molecule has 0 saturated carbocycles. The van der Waals surface area contributed by atoms with Crippen LogP contribution in [0.15, 0.2) is 28.8 Å². The first kappa shape index (κ1) is 28.1. The van der Waals surface area contributed by atoms with Crippen molar-refractivity contribution in [1.29, 1.82) is 0 Å². The van der Waals surface area contributed by atoms with E-state index in [0.717, 1.165) is 0 Å². The Morgan fingerprint density at radius 2 is 1.73 bits per heavy atom. The van der Waals surface area contributed by atoms with E-state index < -0.39 is 18.1 Å². The molecule has 1 amide bonds. The lowest BCUT2D eigenvalue weighted by Gasteiger charge is -2.07. The van der Waals surface area contributed by atoms with Gasteiger partial charge in [0.15, 0.2) is 6.61 Å². The highest BCUT2D eigenvalue weighted by atomic mass is 33.1. The first-order chi connectivity index (χ1) is 15.5. The summed E-state index contributed by atoms with van der Waals surface area (Å²) >= 11 is 0. The number of carboxylic acids is 2. The number of rotatable bonds is 11. The molecule has 182 valence electrons. The smallest absolute Gasteiger partial charge is 0.485 e. The van der Waals surface area contributed by atoms with Crippen molar-refractivity contribution in [2.75, 3.05) is 18.1 Å². The Hall–Kier alpha value is -2.94. The summed E-state index contributed by atoms with van der Waals surface area (Å²) in [6.07, 6.45) is -4.94. The van der Waals surface area contributed by atoms with Gasteiger partial charge in [-0.25, -0.2) is 4.79 Å². The summed E-state index contributed by atoms with van der Waals surface area (Å²) < 4.78 is 42.1. The highest BCUT2D eigenvalue weighted by molar-refractivity contribution is 8.76. The molecular weight excluding hydrogens is 491 g/mol. The molecule has 0 spiro atoms. The van der Waals surface area contributed by atoms with Crippen LogP contribution in [0.3, 0.4) is 0 Å². The van der Waals surface area contributed by atoms with E-state index in [0.29, 0.717) is 41.1 Å². The lowest BCUT2D eigenvalue weighted by molar-refractivity contribution is -0.192. The third-order valence-corrected chi connectivity index (χ3v) is 5.66. The summed E-state index contributed by atoms with van der Waals surface area (Å²) in [5.41, 5.74) is 0.538. The van der Waals surface area contributed by atoms with Crippen molar-refractivity contribution >= 4 is 39.4 Å². The molecule has 0 radical (unpaired) electrons. The van der Waals surface area contributed by atoms with Crippen LogP contribution < -0.4 is 10.1 Å². The molecule has 1 aromatic carbocycles. The van der Waals surface area contributed by atoms with Gasteiger partial charge in [0.25, 0.3) is 5.91 Å². The van der Waals surface area contributed by atoms with E-state index in [-0.39, 0.29) is 18.9 Å². The summed E-state index contributed by atoms with van der Waals surface area (Å²) in [4.78, 5) is 35.3. The molecule has 0 atom stereocenters. The fraction of sp³-hybridized carbons (Fsp3) is 0.389. The highest BCUT2D eigenvalue weighted by Crippen LogP contribution is 2.21. The Morgan fingerprint density at radius 3 is 2.24 bits per heavy atom. The van der Waals surface area contributed by atoms with Gasteiger partial charge in [0, 0.05) is 30.5 Å². The number of nitrogens with zero attached hydrogens (tertiary/aromatic N) is 2. The molecular formula is C18H20F3N3O7S2. The van der Waals surface area contributed by atoms with Gasteiger partial charge in [0.2, 0.25) is 11.7 Å². The van der Waals surface area contributed by atoms with Crippen LogP contribution in [0.4, 0.5) is 13.2 Å². The van der Waals surface area contributed by atoms with Crippen LogP contribution in [-0.4, -0.2) is 62.4 Å². The van der Waals surface area contributed by atoms with Gasteiger partial charge in [-0.1, -0.05) is 26.7 Å². The average molecular weight is 512 g/mol. The molecule has 0 aliphatic carbocycles. The van der Waals surface area contributed by atoms with Crippen LogP contribution in [0.1, 0.15) is 28.5 Å². The van der Waals surface area contributed by atoms with Crippen LogP contribution in [0, 0.1) is 6.92 Å². The number of aryl methyl sites for hydroxylation is 1. The summed E-state index contributed by atoms with van der Waals surface area (Å²) in [6, 6.07) is 6.78. The maximum atomic E-state index is 12.0. The van der Waals surface area contributed by atoms with Crippen LogP contribution in [-0.2, 0) is 16.2 Å².